The molecule has 0 radical (unpaired) electrons. The standard InChI is InChI=1S/C70H150N4O4Si2/c1-11-19-27-35-43-51-61-71(62-52-44-36-28-20-12-2)75-79(9,76-72(63-53-45-37-29-21-13-3)64-54-46-38-30-22-14-4)69-59-60-70-80(10,77-73(65-55-47-39-31-23-15-5)66-56-48-40-32-24-16-6)78-74(67-57-49-41-33-25-17-7)68-58-50-42-34-26-18-8/h11-70H2,1-10H3. The van der Waals surface area contributed by atoms with E-state index in [9.17, 15) is 0 Å². The predicted molar refractivity (Wildman–Crippen MR) is 360 cm³/mol. The highest BCUT2D eigenvalue weighted by atomic mass is 28.4. The molecule has 0 aliphatic heterocycles. The summed E-state index contributed by atoms with van der Waals surface area (Å²) in [5, 5.41) is 9.76. The lowest BCUT2D eigenvalue weighted by molar-refractivity contribution is -0.154. The first-order valence-corrected chi connectivity index (χ1v) is 42.0. The lowest BCUT2D eigenvalue weighted by Crippen LogP contribution is -2.51. The summed E-state index contributed by atoms with van der Waals surface area (Å²) < 4.78 is 30.2. The lowest BCUT2D eigenvalue weighted by atomic mass is 10.1. The van der Waals surface area contributed by atoms with Crippen LogP contribution >= 0.6 is 0 Å². The molecule has 0 spiro atoms. The Kier molecular flexibility index (Phi) is 62.3. The topological polar surface area (TPSA) is 49.9 Å². The SMILES string of the molecule is CCCCCCCCN(CCCCCCCC)O[Si](C)(CCCC[Si](C)(ON(CCCCCCCC)CCCCCCCC)ON(CCCCCCCC)CCCCCCCC)ON(CCCCCCCC)CCCCCCCC. The molecule has 80 heavy (non-hydrogen) atoms. The molecular formula is C70H150N4O4Si2. The van der Waals surface area contributed by atoms with Gasteiger partial charge in [-0.05, 0) is 76.5 Å². The zero-order valence-corrected chi connectivity index (χ0v) is 58.8. The predicted octanol–water partition coefficient (Wildman–Crippen LogP) is 23.7. The van der Waals surface area contributed by atoms with E-state index >= 15 is 0 Å². The fraction of sp³-hybridized carbons (Fsp3) is 1.00. The lowest BCUT2D eigenvalue weighted by Gasteiger charge is -2.38. The highest BCUT2D eigenvalue weighted by Gasteiger charge is 2.40. The highest BCUT2D eigenvalue weighted by Crippen LogP contribution is 2.28. The molecule has 0 aliphatic rings. The zero-order chi connectivity index (χ0) is 58.6. The third-order valence-corrected chi connectivity index (χ3v) is 22.0. The normalized spacial score (nSPS) is 12.5. The first kappa shape index (κ1) is 80.1. The molecule has 0 amide bonds. The number of hydrogen-bond acceptors (Lipinski definition) is 8. The molecule has 0 heterocycles. The quantitative estimate of drug-likeness (QED) is 0.0339. The molecule has 0 aromatic rings. The second-order valence-electron chi connectivity index (χ2n) is 25.7. The van der Waals surface area contributed by atoms with Gasteiger partial charge < -0.3 is 18.1 Å². The van der Waals surface area contributed by atoms with Crippen LogP contribution < -0.4 is 0 Å². The van der Waals surface area contributed by atoms with Gasteiger partial charge in [-0.3, -0.25) is 0 Å². The summed E-state index contributed by atoms with van der Waals surface area (Å²) in [4.78, 5) is 0. The molecule has 0 saturated heterocycles. The first-order chi connectivity index (χ1) is 39.2. The van der Waals surface area contributed by atoms with Gasteiger partial charge in [0.1, 0.15) is 0 Å². The van der Waals surface area contributed by atoms with Gasteiger partial charge in [-0.15, -0.1) is 0 Å². The number of hydrogen-bond donors (Lipinski definition) is 0. The first-order valence-electron chi connectivity index (χ1n) is 36.9. The molecule has 10 heteroatoms. The van der Waals surface area contributed by atoms with Crippen molar-refractivity contribution in [2.45, 2.75) is 402 Å². The number of hydroxylamine groups is 8. The molecule has 0 aromatic carbocycles. The van der Waals surface area contributed by atoms with E-state index in [1.165, 1.54) is 308 Å². The van der Waals surface area contributed by atoms with Gasteiger partial charge in [0.25, 0.3) is 0 Å². The van der Waals surface area contributed by atoms with E-state index in [-0.39, 0.29) is 0 Å². The van der Waals surface area contributed by atoms with Crippen LogP contribution in [0.25, 0.3) is 0 Å². The molecule has 0 bridgehead atoms. The Bertz CT molecular complexity index is 964. The summed E-state index contributed by atoms with van der Waals surface area (Å²) in [5.74, 6) is 0. The molecule has 482 valence electrons. The third kappa shape index (κ3) is 53.6. The van der Waals surface area contributed by atoms with Gasteiger partial charge in [0.15, 0.2) is 0 Å². The van der Waals surface area contributed by atoms with E-state index in [1.54, 1.807) is 0 Å². The van der Waals surface area contributed by atoms with E-state index < -0.39 is 17.1 Å². The average Bonchev–Trinajstić information content (AvgIpc) is 3.45. The van der Waals surface area contributed by atoms with Crippen molar-refractivity contribution in [1.29, 1.82) is 0 Å². The van der Waals surface area contributed by atoms with Gasteiger partial charge >= 0.3 is 17.1 Å². The van der Waals surface area contributed by atoms with Crippen LogP contribution in [0.3, 0.4) is 0 Å². The summed E-state index contributed by atoms with van der Waals surface area (Å²) >= 11 is 0. The van der Waals surface area contributed by atoms with Gasteiger partial charge in [-0.2, -0.15) is 20.3 Å². The summed E-state index contributed by atoms with van der Waals surface area (Å²) in [6.07, 6.45) is 65.1. The summed E-state index contributed by atoms with van der Waals surface area (Å²) in [7, 11) is -5.45. The molecule has 0 rings (SSSR count). The Hall–Kier alpha value is 0.114. The van der Waals surface area contributed by atoms with E-state index in [0.29, 0.717) is 0 Å². The van der Waals surface area contributed by atoms with Crippen LogP contribution in [-0.4, -0.2) is 89.7 Å². The Morgan fingerprint density at radius 3 is 0.438 bits per heavy atom. The largest absolute Gasteiger partial charge is 0.374 e. The minimum atomic E-state index is -2.72. The van der Waals surface area contributed by atoms with Crippen molar-refractivity contribution in [2.75, 3.05) is 52.4 Å². The molecule has 8 nitrogen and oxygen atoms in total. The molecule has 0 aliphatic carbocycles. The molecular weight excluding hydrogens is 1020 g/mol. The number of rotatable bonds is 69. The van der Waals surface area contributed by atoms with Crippen LogP contribution in [0, 0.1) is 0 Å². The average molecular weight is 1170 g/mol. The second-order valence-corrected chi connectivity index (χ2v) is 32.0. The number of unbranched alkanes of at least 4 members (excludes halogenated alkanes) is 41. The molecule has 0 fully saturated rings. The molecule has 0 aromatic heterocycles. The van der Waals surface area contributed by atoms with E-state index in [2.05, 4.69) is 88.7 Å². The van der Waals surface area contributed by atoms with E-state index in [0.717, 1.165) is 77.3 Å². The maximum absolute atomic E-state index is 7.56. The van der Waals surface area contributed by atoms with Gasteiger partial charge in [0.2, 0.25) is 0 Å². The van der Waals surface area contributed by atoms with Crippen molar-refractivity contribution < 1.29 is 18.1 Å². The van der Waals surface area contributed by atoms with Crippen LogP contribution in [0.4, 0.5) is 0 Å². The van der Waals surface area contributed by atoms with Crippen molar-refractivity contribution in [3.05, 3.63) is 0 Å². The van der Waals surface area contributed by atoms with Crippen LogP contribution in [-0.2, 0) is 18.1 Å². The summed E-state index contributed by atoms with van der Waals surface area (Å²) in [6, 6.07) is 2.01. The highest BCUT2D eigenvalue weighted by molar-refractivity contribution is 6.66. The molecule has 0 unspecified atom stereocenters. The zero-order valence-electron chi connectivity index (χ0n) is 56.8. The van der Waals surface area contributed by atoms with Crippen LogP contribution in [0.1, 0.15) is 376 Å². The van der Waals surface area contributed by atoms with E-state index in [4.69, 9.17) is 18.1 Å². The Morgan fingerprint density at radius 2 is 0.300 bits per heavy atom. The van der Waals surface area contributed by atoms with Crippen LogP contribution in [0.5, 0.6) is 0 Å². The summed E-state index contributed by atoms with van der Waals surface area (Å²) in [6.45, 7) is 31.7. The molecule has 0 saturated carbocycles. The van der Waals surface area contributed by atoms with Crippen LogP contribution in [0.2, 0.25) is 25.2 Å². The van der Waals surface area contributed by atoms with Gasteiger partial charge in [-0.25, -0.2) is 0 Å². The maximum Gasteiger partial charge on any atom is 0.374 e. The Balaban J connectivity index is 7.04. The van der Waals surface area contributed by atoms with Crippen LogP contribution in [0.15, 0.2) is 0 Å². The summed E-state index contributed by atoms with van der Waals surface area (Å²) in [5.41, 5.74) is 0. The third-order valence-electron chi connectivity index (χ3n) is 16.9. The smallest absolute Gasteiger partial charge is 0.309 e. The van der Waals surface area contributed by atoms with Crippen molar-refractivity contribution in [1.82, 2.24) is 20.3 Å². The number of nitrogens with zero attached hydrogens (tertiary/aromatic N) is 4. The fourth-order valence-corrected chi connectivity index (χ4v) is 16.7. The Morgan fingerprint density at radius 1 is 0.175 bits per heavy atom. The van der Waals surface area contributed by atoms with Crippen molar-refractivity contribution >= 4 is 17.1 Å². The minimum absolute atomic E-state index is 1.00. The van der Waals surface area contributed by atoms with Gasteiger partial charge in [0, 0.05) is 52.4 Å². The minimum Gasteiger partial charge on any atom is -0.309 e. The monoisotopic (exact) mass is 1170 g/mol. The van der Waals surface area contributed by atoms with Crippen molar-refractivity contribution in [3.8, 4) is 0 Å². The molecule has 0 N–H and O–H groups in total. The second kappa shape index (κ2) is 62.2. The van der Waals surface area contributed by atoms with Crippen molar-refractivity contribution in [3.63, 3.8) is 0 Å². The van der Waals surface area contributed by atoms with E-state index in [1.807, 2.05) is 0 Å². The Labute approximate surface area is 506 Å². The van der Waals surface area contributed by atoms with Crippen molar-refractivity contribution in [2.24, 2.45) is 0 Å². The van der Waals surface area contributed by atoms with Gasteiger partial charge in [-0.1, -0.05) is 325 Å². The molecule has 0 atom stereocenters. The van der Waals surface area contributed by atoms with Gasteiger partial charge in [0.05, 0.1) is 0 Å². The fourth-order valence-electron chi connectivity index (χ4n) is 11.6. The maximum atomic E-state index is 7.56.